The van der Waals surface area contributed by atoms with Gasteiger partial charge in [0.1, 0.15) is 22.8 Å². The van der Waals surface area contributed by atoms with E-state index in [2.05, 4.69) is 31.2 Å². The number of carbonyl (C=O) groups is 3. The number of aliphatic hydroxyl groups excluding tert-OH is 2. The summed E-state index contributed by atoms with van der Waals surface area (Å²) < 4.78 is 0. The van der Waals surface area contributed by atoms with Crippen molar-refractivity contribution in [3.63, 3.8) is 0 Å². The Bertz CT molecular complexity index is 1710. The molecule has 0 saturated heterocycles. The molecule has 0 saturated carbocycles. The molecule has 246 valence electrons. The highest BCUT2D eigenvalue weighted by atomic mass is 16.3. The molecule has 1 unspecified atom stereocenters. The standard InChI is InChI=1S/C39H48O7/c1-9-23-12-10-13-24(16-23)14-11-15-25-17-26(20(2)3)27-18-37(7)19-38(8)30(21(4)5)33(42)28(22(6)40)35(44)39(38,46)36(45)31(37)34(43)29(27)32(25)41/h10,12-13,16-17,20-21,30,41-42,45-46H,9,11,14-15,18-19H2,1-8H3/t30?,37-,38-,39+/m1/s1. The molecule has 2 aromatic carbocycles. The van der Waals surface area contributed by atoms with Gasteiger partial charge < -0.3 is 20.4 Å². The Morgan fingerprint density at radius 3 is 2.24 bits per heavy atom. The first-order chi connectivity index (χ1) is 21.4. The van der Waals surface area contributed by atoms with Gasteiger partial charge in [-0.3, -0.25) is 14.4 Å². The van der Waals surface area contributed by atoms with Crippen molar-refractivity contribution in [3.8, 4) is 5.75 Å². The van der Waals surface area contributed by atoms with E-state index in [-0.39, 0.29) is 47.3 Å². The molecule has 0 radical (unpaired) electrons. The Morgan fingerprint density at radius 1 is 1.00 bits per heavy atom. The molecule has 3 aliphatic rings. The summed E-state index contributed by atoms with van der Waals surface area (Å²) in [6.07, 6.45) is 3.42. The summed E-state index contributed by atoms with van der Waals surface area (Å²) in [5.41, 5.74) is -0.862. The van der Waals surface area contributed by atoms with Crippen LogP contribution in [-0.2, 0) is 35.3 Å². The smallest absolute Gasteiger partial charge is 0.209 e. The number of rotatable bonds is 8. The number of Topliss-reactive ketones (excluding diaryl/α,β-unsaturated/α-hetero) is 3. The fourth-order valence-electron chi connectivity index (χ4n) is 9.08. The van der Waals surface area contributed by atoms with Gasteiger partial charge in [0.25, 0.3) is 0 Å². The predicted molar refractivity (Wildman–Crippen MR) is 177 cm³/mol. The highest BCUT2D eigenvalue weighted by molar-refractivity contribution is 6.25. The number of carbonyl (C=O) groups excluding carboxylic acids is 3. The van der Waals surface area contributed by atoms with E-state index in [0.717, 1.165) is 31.7 Å². The van der Waals surface area contributed by atoms with E-state index in [1.165, 1.54) is 11.1 Å². The molecule has 3 aliphatic carbocycles. The molecule has 0 heterocycles. The number of aromatic hydroxyl groups is 1. The normalized spacial score (nSPS) is 27.7. The van der Waals surface area contributed by atoms with Crippen LogP contribution in [0.5, 0.6) is 5.75 Å². The maximum atomic E-state index is 14.6. The van der Waals surface area contributed by atoms with Crippen molar-refractivity contribution in [3.05, 3.63) is 86.4 Å². The summed E-state index contributed by atoms with van der Waals surface area (Å²) in [4.78, 5) is 41.2. The van der Waals surface area contributed by atoms with E-state index in [9.17, 15) is 34.8 Å². The number of phenols is 1. The van der Waals surface area contributed by atoms with E-state index in [0.29, 0.717) is 17.5 Å². The minimum Gasteiger partial charge on any atom is -0.511 e. The molecule has 0 spiro atoms. The van der Waals surface area contributed by atoms with Crippen LogP contribution in [0.2, 0.25) is 0 Å². The summed E-state index contributed by atoms with van der Waals surface area (Å²) in [5, 5.41) is 47.3. The van der Waals surface area contributed by atoms with E-state index in [1.54, 1.807) is 6.92 Å². The number of aliphatic hydroxyl groups is 3. The van der Waals surface area contributed by atoms with Gasteiger partial charge in [-0.25, -0.2) is 0 Å². The van der Waals surface area contributed by atoms with Crippen LogP contribution in [-0.4, -0.2) is 43.4 Å². The first-order valence-electron chi connectivity index (χ1n) is 16.6. The summed E-state index contributed by atoms with van der Waals surface area (Å²) >= 11 is 0. The first-order valence-corrected chi connectivity index (χ1v) is 16.6. The molecular formula is C39H48O7. The van der Waals surface area contributed by atoms with E-state index in [4.69, 9.17) is 0 Å². The monoisotopic (exact) mass is 628 g/mol. The summed E-state index contributed by atoms with van der Waals surface area (Å²) in [6, 6.07) is 10.4. The second-order valence-corrected chi connectivity index (χ2v) is 15.0. The lowest BCUT2D eigenvalue weighted by atomic mass is 9.44. The SMILES string of the molecule is CCc1cccc(CCCc2cc(C(C)C)c3c(c2O)C(=O)C2=C(O)[C@@]4(O)C(=O)C(C(C)=O)=C(O)C(C(C)C)[C@@]4(C)C[C@@]2(C)C3)c1. The Morgan fingerprint density at radius 2 is 1.65 bits per heavy atom. The topological polar surface area (TPSA) is 132 Å². The fourth-order valence-corrected chi connectivity index (χ4v) is 9.08. The minimum absolute atomic E-state index is 0.0331. The van der Waals surface area contributed by atoms with Gasteiger partial charge >= 0.3 is 0 Å². The van der Waals surface area contributed by atoms with Crippen molar-refractivity contribution in [1.29, 1.82) is 0 Å². The second-order valence-electron chi connectivity index (χ2n) is 15.0. The van der Waals surface area contributed by atoms with Crippen molar-refractivity contribution in [2.45, 2.75) is 105 Å². The number of fused-ring (bicyclic) bond motifs is 3. The van der Waals surface area contributed by atoms with Crippen LogP contribution in [0.15, 0.2) is 53.0 Å². The van der Waals surface area contributed by atoms with Gasteiger partial charge in [-0.1, -0.05) is 78.8 Å². The molecule has 2 aromatic rings. The van der Waals surface area contributed by atoms with Gasteiger partial charge in [-0.2, -0.15) is 0 Å². The highest BCUT2D eigenvalue weighted by Gasteiger charge is 2.71. The van der Waals surface area contributed by atoms with Crippen molar-refractivity contribution < 1.29 is 34.8 Å². The average molecular weight is 629 g/mol. The number of phenolic OH excluding ortho intramolecular Hbond substituents is 1. The van der Waals surface area contributed by atoms with Crippen LogP contribution in [0.3, 0.4) is 0 Å². The van der Waals surface area contributed by atoms with Crippen LogP contribution in [0.4, 0.5) is 0 Å². The average Bonchev–Trinajstić information content (AvgIpc) is 2.95. The van der Waals surface area contributed by atoms with Gasteiger partial charge in [0.15, 0.2) is 17.2 Å². The molecule has 0 bridgehead atoms. The summed E-state index contributed by atoms with van der Waals surface area (Å²) in [7, 11) is 0. The van der Waals surface area contributed by atoms with Crippen LogP contribution >= 0.6 is 0 Å². The molecule has 0 amide bonds. The van der Waals surface area contributed by atoms with Crippen molar-refractivity contribution in [2.75, 3.05) is 0 Å². The third-order valence-corrected chi connectivity index (χ3v) is 11.1. The Labute approximate surface area is 272 Å². The summed E-state index contributed by atoms with van der Waals surface area (Å²) in [5.74, 6) is -4.87. The quantitative estimate of drug-likeness (QED) is 0.227. The van der Waals surface area contributed by atoms with Gasteiger partial charge in [-0.15, -0.1) is 0 Å². The van der Waals surface area contributed by atoms with Crippen LogP contribution in [0, 0.1) is 22.7 Å². The van der Waals surface area contributed by atoms with Crippen LogP contribution in [0.1, 0.15) is 112 Å². The van der Waals surface area contributed by atoms with E-state index >= 15 is 0 Å². The molecule has 4 N–H and O–H groups in total. The lowest BCUT2D eigenvalue weighted by Gasteiger charge is -2.59. The minimum atomic E-state index is -2.61. The lowest BCUT2D eigenvalue weighted by molar-refractivity contribution is -0.171. The van der Waals surface area contributed by atoms with Crippen molar-refractivity contribution >= 4 is 17.3 Å². The zero-order chi connectivity index (χ0) is 34.1. The first kappa shape index (κ1) is 33.6. The van der Waals surface area contributed by atoms with E-state index < -0.39 is 51.0 Å². The third-order valence-electron chi connectivity index (χ3n) is 11.1. The van der Waals surface area contributed by atoms with Crippen LogP contribution in [0.25, 0.3) is 0 Å². The highest BCUT2D eigenvalue weighted by Crippen LogP contribution is 2.65. The van der Waals surface area contributed by atoms with Crippen molar-refractivity contribution in [1.82, 2.24) is 0 Å². The number of aryl methyl sites for hydroxylation is 3. The van der Waals surface area contributed by atoms with Crippen molar-refractivity contribution in [2.24, 2.45) is 22.7 Å². The van der Waals surface area contributed by atoms with Gasteiger partial charge in [0.05, 0.1) is 5.56 Å². The third kappa shape index (κ3) is 4.76. The number of benzene rings is 2. The number of hydrogen-bond donors (Lipinski definition) is 4. The number of allylic oxidation sites excluding steroid dienone is 2. The van der Waals surface area contributed by atoms with Crippen LogP contribution < -0.4 is 0 Å². The molecule has 7 nitrogen and oxygen atoms in total. The number of ketones is 3. The zero-order valence-electron chi connectivity index (χ0n) is 28.4. The largest absolute Gasteiger partial charge is 0.511 e. The second kappa shape index (κ2) is 11.5. The molecule has 46 heavy (non-hydrogen) atoms. The van der Waals surface area contributed by atoms with Gasteiger partial charge in [0.2, 0.25) is 5.78 Å². The molecule has 4 atom stereocenters. The predicted octanol–water partition coefficient (Wildman–Crippen LogP) is 7.21. The molecule has 5 rings (SSSR count). The molecular weight excluding hydrogens is 580 g/mol. The number of hydrogen-bond acceptors (Lipinski definition) is 7. The van der Waals surface area contributed by atoms with Gasteiger partial charge in [-0.05, 0) is 85.1 Å². The molecule has 0 aromatic heterocycles. The molecule has 0 aliphatic heterocycles. The van der Waals surface area contributed by atoms with E-state index in [1.807, 2.05) is 40.7 Å². The summed E-state index contributed by atoms with van der Waals surface area (Å²) in [6.45, 7) is 14.5. The lowest BCUT2D eigenvalue weighted by Crippen LogP contribution is -2.67. The Kier molecular flexibility index (Phi) is 8.42. The maximum Gasteiger partial charge on any atom is 0.209 e. The molecule has 0 fully saturated rings. The Hall–Kier alpha value is -3.71. The fraction of sp³-hybridized carbons (Fsp3) is 0.513. The zero-order valence-corrected chi connectivity index (χ0v) is 28.4. The van der Waals surface area contributed by atoms with Gasteiger partial charge in [0, 0.05) is 22.3 Å². The Balaban J connectivity index is 1.65. The molecule has 7 heteroatoms. The maximum absolute atomic E-state index is 14.6.